The van der Waals surface area contributed by atoms with E-state index in [1.54, 1.807) is 12.1 Å². The molecule has 6 heteroatoms. The average molecular weight is 371 g/mol. The summed E-state index contributed by atoms with van der Waals surface area (Å²) in [6.45, 7) is 8.04. The largest absolute Gasteiger partial charge is 0.490 e. The number of unbranched alkanes of at least 4 members (excludes halogenated alkanes) is 1. The van der Waals surface area contributed by atoms with Crippen LogP contribution in [0.15, 0.2) is 18.2 Å². The predicted molar refractivity (Wildman–Crippen MR) is 103 cm³/mol. The third-order valence-electron chi connectivity index (χ3n) is 4.21. The summed E-state index contributed by atoms with van der Waals surface area (Å²) < 4.78 is 11.4. The molecule has 5 nitrogen and oxygen atoms in total. The normalized spacial score (nSPS) is 16.6. The molecule has 0 radical (unpaired) electrons. The van der Waals surface area contributed by atoms with E-state index in [1.807, 2.05) is 13.0 Å². The van der Waals surface area contributed by atoms with Crippen molar-refractivity contribution in [2.45, 2.75) is 39.5 Å². The zero-order chi connectivity index (χ0) is 17.2. The Hall–Kier alpha value is -1.46. The summed E-state index contributed by atoms with van der Waals surface area (Å²) in [5.74, 6) is 1.81. The zero-order valence-electron chi connectivity index (χ0n) is 15.3. The molecule has 1 unspecified atom stereocenters. The van der Waals surface area contributed by atoms with Crippen molar-refractivity contribution in [3.63, 3.8) is 0 Å². The van der Waals surface area contributed by atoms with Crippen LogP contribution in [0.25, 0.3) is 0 Å². The highest BCUT2D eigenvalue weighted by molar-refractivity contribution is 5.94. The van der Waals surface area contributed by atoms with E-state index in [9.17, 15) is 4.79 Å². The Balaban J connectivity index is 0.00000312. The lowest BCUT2D eigenvalue weighted by atomic mass is 9.99. The SMILES string of the molecule is CCCCOc1ccc(C(=O)NCC2CCCNC2)cc1OCC.Cl. The molecule has 2 rings (SSSR count). The quantitative estimate of drug-likeness (QED) is 0.654. The smallest absolute Gasteiger partial charge is 0.251 e. The van der Waals surface area contributed by atoms with Gasteiger partial charge in [-0.2, -0.15) is 0 Å². The lowest BCUT2D eigenvalue weighted by Gasteiger charge is -2.23. The summed E-state index contributed by atoms with van der Waals surface area (Å²) in [5.41, 5.74) is 0.616. The number of amides is 1. The van der Waals surface area contributed by atoms with Crippen molar-refractivity contribution >= 4 is 18.3 Å². The summed E-state index contributed by atoms with van der Waals surface area (Å²) in [6.07, 6.45) is 4.43. The van der Waals surface area contributed by atoms with Gasteiger partial charge in [0.1, 0.15) is 0 Å². The van der Waals surface area contributed by atoms with Crippen LogP contribution in [-0.2, 0) is 0 Å². The summed E-state index contributed by atoms with van der Waals surface area (Å²) in [6, 6.07) is 5.41. The van der Waals surface area contributed by atoms with Crippen molar-refractivity contribution in [1.82, 2.24) is 10.6 Å². The van der Waals surface area contributed by atoms with E-state index in [0.717, 1.165) is 25.9 Å². The van der Waals surface area contributed by atoms with Crippen LogP contribution < -0.4 is 20.1 Å². The highest BCUT2D eigenvalue weighted by atomic mass is 35.5. The second-order valence-corrected chi connectivity index (χ2v) is 6.22. The fourth-order valence-electron chi connectivity index (χ4n) is 2.80. The number of benzene rings is 1. The molecule has 1 amide bonds. The molecule has 0 aliphatic carbocycles. The molecule has 1 aromatic rings. The minimum Gasteiger partial charge on any atom is -0.490 e. The third-order valence-corrected chi connectivity index (χ3v) is 4.21. The van der Waals surface area contributed by atoms with Gasteiger partial charge in [0.15, 0.2) is 11.5 Å². The van der Waals surface area contributed by atoms with Crippen molar-refractivity contribution in [1.29, 1.82) is 0 Å². The topological polar surface area (TPSA) is 59.6 Å². The molecule has 1 fully saturated rings. The van der Waals surface area contributed by atoms with Crippen LogP contribution in [0.3, 0.4) is 0 Å². The summed E-state index contributed by atoms with van der Waals surface area (Å²) in [4.78, 5) is 12.4. The molecule has 0 bridgehead atoms. The van der Waals surface area contributed by atoms with Crippen LogP contribution in [-0.4, -0.2) is 38.8 Å². The first kappa shape index (κ1) is 21.6. The van der Waals surface area contributed by atoms with Crippen LogP contribution in [0.4, 0.5) is 0 Å². The Morgan fingerprint density at radius 2 is 2.12 bits per heavy atom. The molecule has 0 saturated carbocycles. The van der Waals surface area contributed by atoms with Gasteiger partial charge in [0.2, 0.25) is 0 Å². The van der Waals surface area contributed by atoms with Crippen LogP contribution in [0.5, 0.6) is 11.5 Å². The van der Waals surface area contributed by atoms with Gasteiger partial charge in [0, 0.05) is 12.1 Å². The Morgan fingerprint density at radius 1 is 1.28 bits per heavy atom. The van der Waals surface area contributed by atoms with E-state index in [4.69, 9.17) is 9.47 Å². The molecule has 0 spiro atoms. The Kier molecular flexibility index (Phi) is 10.3. The predicted octanol–water partition coefficient (Wildman–Crippen LogP) is 3.42. The van der Waals surface area contributed by atoms with Crippen LogP contribution >= 0.6 is 12.4 Å². The fourth-order valence-corrected chi connectivity index (χ4v) is 2.80. The molecule has 1 aromatic carbocycles. The van der Waals surface area contributed by atoms with E-state index in [1.165, 1.54) is 12.8 Å². The van der Waals surface area contributed by atoms with Gasteiger partial charge in [-0.1, -0.05) is 13.3 Å². The summed E-state index contributed by atoms with van der Waals surface area (Å²) >= 11 is 0. The Bertz CT molecular complexity index is 519. The van der Waals surface area contributed by atoms with Crippen molar-refractivity contribution in [3.05, 3.63) is 23.8 Å². The van der Waals surface area contributed by atoms with Crippen LogP contribution in [0, 0.1) is 5.92 Å². The van der Waals surface area contributed by atoms with Crippen LogP contribution in [0.2, 0.25) is 0 Å². The maximum absolute atomic E-state index is 12.4. The number of carbonyl (C=O) groups excluding carboxylic acids is 1. The molecule has 25 heavy (non-hydrogen) atoms. The van der Waals surface area contributed by atoms with Gasteiger partial charge in [-0.25, -0.2) is 0 Å². The van der Waals surface area contributed by atoms with Gasteiger partial charge in [0.25, 0.3) is 5.91 Å². The molecular weight excluding hydrogens is 340 g/mol. The van der Waals surface area contributed by atoms with Crippen molar-refractivity contribution < 1.29 is 14.3 Å². The maximum Gasteiger partial charge on any atom is 0.251 e. The lowest BCUT2D eigenvalue weighted by molar-refractivity contribution is 0.0944. The van der Waals surface area contributed by atoms with Gasteiger partial charge in [-0.15, -0.1) is 12.4 Å². The third kappa shape index (κ3) is 7.12. The molecule has 0 aromatic heterocycles. The molecule has 2 N–H and O–H groups in total. The van der Waals surface area contributed by atoms with Crippen LogP contribution in [0.1, 0.15) is 49.9 Å². The number of halogens is 1. The standard InChI is InChI=1S/C19H30N2O3.ClH/c1-3-5-11-24-17-9-8-16(12-18(17)23-4-2)19(22)21-14-15-7-6-10-20-13-15;/h8-9,12,15,20H,3-7,10-11,13-14H2,1-2H3,(H,21,22);1H. The Labute approximate surface area is 157 Å². The number of ether oxygens (including phenoxy) is 2. The first-order valence-corrected chi connectivity index (χ1v) is 9.13. The Morgan fingerprint density at radius 3 is 2.80 bits per heavy atom. The van der Waals surface area contributed by atoms with Crippen molar-refractivity contribution in [3.8, 4) is 11.5 Å². The molecule has 1 atom stereocenters. The molecule has 1 saturated heterocycles. The summed E-state index contributed by atoms with van der Waals surface area (Å²) in [7, 11) is 0. The maximum atomic E-state index is 12.4. The second kappa shape index (κ2) is 12.0. The minimum atomic E-state index is -0.0540. The number of hydrogen-bond acceptors (Lipinski definition) is 4. The first-order chi connectivity index (χ1) is 11.7. The van der Waals surface area contributed by atoms with Gasteiger partial charge in [-0.3, -0.25) is 4.79 Å². The van der Waals surface area contributed by atoms with E-state index >= 15 is 0 Å². The van der Waals surface area contributed by atoms with Gasteiger partial charge < -0.3 is 20.1 Å². The van der Waals surface area contributed by atoms with E-state index < -0.39 is 0 Å². The monoisotopic (exact) mass is 370 g/mol. The number of rotatable bonds is 9. The van der Waals surface area contributed by atoms with Gasteiger partial charge in [0.05, 0.1) is 13.2 Å². The highest BCUT2D eigenvalue weighted by Gasteiger charge is 2.16. The van der Waals surface area contributed by atoms with E-state index in [2.05, 4.69) is 17.6 Å². The number of nitrogens with one attached hydrogen (secondary N) is 2. The van der Waals surface area contributed by atoms with Crippen molar-refractivity contribution in [2.75, 3.05) is 32.8 Å². The molecule has 1 aliphatic rings. The number of piperidine rings is 1. The minimum absolute atomic E-state index is 0. The fraction of sp³-hybridized carbons (Fsp3) is 0.632. The number of carbonyl (C=O) groups is 1. The molecule has 142 valence electrons. The van der Waals surface area contributed by atoms with E-state index in [0.29, 0.717) is 42.7 Å². The first-order valence-electron chi connectivity index (χ1n) is 9.13. The van der Waals surface area contributed by atoms with Gasteiger partial charge in [-0.05, 0) is 63.4 Å². The van der Waals surface area contributed by atoms with E-state index in [-0.39, 0.29) is 18.3 Å². The average Bonchev–Trinajstić information content (AvgIpc) is 2.62. The highest BCUT2D eigenvalue weighted by Crippen LogP contribution is 2.28. The molecule has 1 heterocycles. The van der Waals surface area contributed by atoms with Gasteiger partial charge >= 0.3 is 0 Å². The number of hydrogen-bond donors (Lipinski definition) is 2. The lowest BCUT2D eigenvalue weighted by Crippen LogP contribution is -2.38. The zero-order valence-corrected chi connectivity index (χ0v) is 16.1. The second-order valence-electron chi connectivity index (χ2n) is 6.22. The molecular formula is C19H31ClN2O3. The summed E-state index contributed by atoms with van der Waals surface area (Å²) in [5, 5.41) is 6.40. The van der Waals surface area contributed by atoms with Crippen molar-refractivity contribution in [2.24, 2.45) is 5.92 Å². The molecule has 1 aliphatic heterocycles.